The van der Waals surface area contributed by atoms with Crippen LogP contribution in [0.1, 0.15) is 28.7 Å². The molecule has 1 aliphatic rings. The second-order valence-corrected chi connectivity index (χ2v) is 7.85. The SMILES string of the molecule is Cc1ccc(C2/C(=C(/O)c3ccc(Cl)c(Cl)c3)C(=O)C(=O)N2c2ccccc2C)o1. The first kappa shape index (κ1) is 20.3. The van der Waals surface area contributed by atoms with E-state index in [1.165, 1.54) is 23.1 Å². The Balaban J connectivity index is 1.97. The summed E-state index contributed by atoms with van der Waals surface area (Å²) >= 11 is 12.1. The quantitative estimate of drug-likeness (QED) is 0.315. The molecule has 2 heterocycles. The molecule has 4 rings (SSSR count). The first-order valence-electron chi connectivity index (χ1n) is 9.18. The zero-order valence-corrected chi connectivity index (χ0v) is 17.7. The Kier molecular flexibility index (Phi) is 5.18. The highest BCUT2D eigenvalue weighted by atomic mass is 35.5. The van der Waals surface area contributed by atoms with Crippen LogP contribution in [0.4, 0.5) is 5.69 Å². The Morgan fingerprint density at radius 3 is 2.37 bits per heavy atom. The molecule has 152 valence electrons. The minimum atomic E-state index is -0.922. The average Bonchev–Trinajstić information content (AvgIpc) is 3.25. The molecule has 7 heteroatoms. The largest absolute Gasteiger partial charge is 0.507 e. The van der Waals surface area contributed by atoms with Crippen molar-refractivity contribution in [3.05, 3.63) is 92.9 Å². The summed E-state index contributed by atoms with van der Waals surface area (Å²) in [6.45, 7) is 3.61. The Hall–Kier alpha value is -3.02. The summed E-state index contributed by atoms with van der Waals surface area (Å²) in [7, 11) is 0. The van der Waals surface area contributed by atoms with E-state index in [4.69, 9.17) is 27.6 Å². The summed E-state index contributed by atoms with van der Waals surface area (Å²) in [5.41, 5.74) is 1.57. The van der Waals surface area contributed by atoms with Crippen LogP contribution >= 0.6 is 23.2 Å². The van der Waals surface area contributed by atoms with Gasteiger partial charge in [0, 0.05) is 11.3 Å². The molecule has 0 aliphatic carbocycles. The van der Waals surface area contributed by atoms with Crippen molar-refractivity contribution in [1.82, 2.24) is 0 Å². The number of halogens is 2. The Labute approximate surface area is 183 Å². The van der Waals surface area contributed by atoms with Crippen LogP contribution in [0.2, 0.25) is 10.0 Å². The first-order valence-corrected chi connectivity index (χ1v) is 9.93. The van der Waals surface area contributed by atoms with Gasteiger partial charge in [-0.1, -0.05) is 41.4 Å². The van der Waals surface area contributed by atoms with Crippen molar-refractivity contribution in [1.29, 1.82) is 0 Å². The maximum Gasteiger partial charge on any atom is 0.300 e. The lowest BCUT2D eigenvalue weighted by atomic mass is 9.99. The molecule has 30 heavy (non-hydrogen) atoms. The molecule has 1 amide bonds. The molecule has 5 nitrogen and oxygen atoms in total. The number of Topliss-reactive ketones (excluding diaryl/α,β-unsaturated/α-hetero) is 1. The van der Waals surface area contributed by atoms with E-state index in [0.717, 1.165) is 5.56 Å². The van der Waals surface area contributed by atoms with Gasteiger partial charge in [-0.2, -0.15) is 0 Å². The third-order valence-corrected chi connectivity index (χ3v) is 5.78. The molecule has 1 aromatic heterocycles. The van der Waals surface area contributed by atoms with E-state index < -0.39 is 17.7 Å². The number of carbonyl (C=O) groups excluding carboxylic acids is 2. The smallest absolute Gasteiger partial charge is 0.300 e. The molecular weight excluding hydrogens is 425 g/mol. The molecule has 0 bridgehead atoms. The summed E-state index contributed by atoms with van der Waals surface area (Å²) in [5, 5.41) is 11.6. The number of benzene rings is 2. The molecule has 1 saturated heterocycles. The standard InChI is InChI=1S/C23H17Cl2NO4/c1-12-5-3-4-6-17(12)26-20(18-10-7-13(2)30-18)19(22(28)23(26)29)21(27)14-8-9-15(24)16(25)11-14/h3-11,20,27H,1-2H3/b21-19-. The molecule has 0 radical (unpaired) electrons. The first-order chi connectivity index (χ1) is 14.3. The fourth-order valence-corrected chi connectivity index (χ4v) is 3.88. The molecule has 1 atom stereocenters. The normalized spacial score (nSPS) is 18.3. The minimum absolute atomic E-state index is 0.0732. The maximum atomic E-state index is 13.1. The topological polar surface area (TPSA) is 70.8 Å². The summed E-state index contributed by atoms with van der Waals surface area (Å²) < 4.78 is 5.78. The number of aryl methyl sites for hydroxylation is 2. The molecule has 1 N–H and O–H groups in total. The predicted octanol–water partition coefficient (Wildman–Crippen LogP) is 5.83. The van der Waals surface area contributed by atoms with Gasteiger partial charge in [0.15, 0.2) is 0 Å². The molecule has 1 aliphatic heterocycles. The van der Waals surface area contributed by atoms with E-state index >= 15 is 0 Å². The summed E-state index contributed by atoms with van der Waals surface area (Å²) in [4.78, 5) is 27.5. The van der Waals surface area contributed by atoms with Crippen molar-refractivity contribution >= 4 is 46.3 Å². The summed E-state index contributed by atoms with van der Waals surface area (Å²) in [6, 6.07) is 14.2. The van der Waals surface area contributed by atoms with Crippen molar-refractivity contribution in [3.63, 3.8) is 0 Å². The van der Waals surface area contributed by atoms with Crippen LogP contribution in [0.25, 0.3) is 5.76 Å². The molecule has 1 fully saturated rings. The number of ketones is 1. The zero-order valence-electron chi connectivity index (χ0n) is 16.1. The van der Waals surface area contributed by atoms with Gasteiger partial charge in [-0.15, -0.1) is 0 Å². The molecule has 0 spiro atoms. The van der Waals surface area contributed by atoms with Gasteiger partial charge in [0.2, 0.25) is 0 Å². The summed E-state index contributed by atoms with van der Waals surface area (Å²) in [5.74, 6) is -0.903. The number of carbonyl (C=O) groups is 2. The van der Waals surface area contributed by atoms with Gasteiger partial charge in [0.25, 0.3) is 11.7 Å². The number of hydrogen-bond acceptors (Lipinski definition) is 4. The number of amides is 1. The number of aliphatic hydroxyl groups excluding tert-OH is 1. The van der Waals surface area contributed by atoms with E-state index in [0.29, 0.717) is 22.2 Å². The number of anilines is 1. The Bertz CT molecular complexity index is 1210. The maximum absolute atomic E-state index is 13.1. The van der Waals surface area contributed by atoms with Crippen molar-refractivity contribution < 1.29 is 19.1 Å². The third kappa shape index (κ3) is 3.30. The summed E-state index contributed by atoms with van der Waals surface area (Å²) in [6.07, 6.45) is 0. The lowest BCUT2D eigenvalue weighted by Crippen LogP contribution is -2.29. The van der Waals surface area contributed by atoms with Crippen LogP contribution in [-0.4, -0.2) is 16.8 Å². The molecule has 0 saturated carbocycles. The molecule has 3 aromatic rings. The molecular formula is C23H17Cl2NO4. The van der Waals surface area contributed by atoms with Crippen molar-refractivity contribution in [2.24, 2.45) is 0 Å². The highest BCUT2D eigenvalue weighted by molar-refractivity contribution is 6.51. The number of hydrogen-bond donors (Lipinski definition) is 1. The Morgan fingerprint density at radius 1 is 1.00 bits per heavy atom. The van der Waals surface area contributed by atoms with E-state index in [2.05, 4.69) is 0 Å². The Morgan fingerprint density at radius 2 is 1.73 bits per heavy atom. The number of rotatable bonds is 3. The van der Waals surface area contributed by atoms with E-state index in [1.54, 1.807) is 31.2 Å². The van der Waals surface area contributed by atoms with E-state index in [9.17, 15) is 14.7 Å². The van der Waals surface area contributed by atoms with E-state index in [-0.39, 0.29) is 21.9 Å². The van der Waals surface area contributed by atoms with Crippen LogP contribution in [0, 0.1) is 13.8 Å². The van der Waals surface area contributed by atoms with Gasteiger partial charge in [0.1, 0.15) is 23.3 Å². The van der Waals surface area contributed by atoms with Gasteiger partial charge < -0.3 is 9.52 Å². The monoisotopic (exact) mass is 441 g/mol. The average molecular weight is 442 g/mol. The highest BCUT2D eigenvalue weighted by Gasteiger charge is 2.48. The lowest BCUT2D eigenvalue weighted by molar-refractivity contribution is -0.132. The minimum Gasteiger partial charge on any atom is -0.507 e. The van der Waals surface area contributed by atoms with Gasteiger partial charge in [-0.3, -0.25) is 14.5 Å². The van der Waals surface area contributed by atoms with Crippen LogP contribution in [0.15, 0.2) is 64.6 Å². The van der Waals surface area contributed by atoms with Gasteiger partial charge in [-0.25, -0.2) is 0 Å². The second-order valence-electron chi connectivity index (χ2n) is 7.03. The lowest BCUT2D eigenvalue weighted by Gasteiger charge is -2.25. The van der Waals surface area contributed by atoms with Crippen LogP contribution < -0.4 is 4.90 Å². The van der Waals surface area contributed by atoms with Crippen LogP contribution in [-0.2, 0) is 9.59 Å². The van der Waals surface area contributed by atoms with Crippen molar-refractivity contribution in [2.75, 3.05) is 4.90 Å². The van der Waals surface area contributed by atoms with E-state index in [1.807, 2.05) is 19.1 Å². The number of aliphatic hydroxyl groups is 1. The predicted molar refractivity (Wildman–Crippen MR) is 116 cm³/mol. The van der Waals surface area contributed by atoms with Crippen molar-refractivity contribution in [2.45, 2.75) is 19.9 Å². The molecule has 2 aromatic carbocycles. The zero-order chi connectivity index (χ0) is 21.6. The number of nitrogens with zero attached hydrogens (tertiary/aromatic N) is 1. The fraction of sp³-hybridized carbons (Fsp3) is 0.130. The van der Waals surface area contributed by atoms with Crippen LogP contribution in [0.3, 0.4) is 0 Å². The van der Waals surface area contributed by atoms with Gasteiger partial charge >= 0.3 is 0 Å². The van der Waals surface area contributed by atoms with Gasteiger partial charge in [0.05, 0.1) is 15.6 Å². The van der Waals surface area contributed by atoms with Crippen molar-refractivity contribution in [3.8, 4) is 0 Å². The van der Waals surface area contributed by atoms with Crippen LogP contribution in [0.5, 0.6) is 0 Å². The third-order valence-electron chi connectivity index (χ3n) is 5.04. The fourth-order valence-electron chi connectivity index (χ4n) is 3.58. The van der Waals surface area contributed by atoms with Gasteiger partial charge in [-0.05, 0) is 55.8 Å². The second kappa shape index (κ2) is 7.67. The highest BCUT2D eigenvalue weighted by Crippen LogP contribution is 2.43. The number of furan rings is 1. The molecule has 1 unspecified atom stereocenters. The number of para-hydroxylation sites is 1.